The molecule has 1 saturated heterocycles. The number of ether oxygens (including phenoxy) is 1. The van der Waals surface area contributed by atoms with Crippen LogP contribution >= 0.6 is 0 Å². The first-order valence-corrected chi connectivity index (χ1v) is 8.29. The zero-order valence-corrected chi connectivity index (χ0v) is 14.2. The average molecular weight is 334 g/mol. The normalized spacial score (nSPS) is 17.2. The highest BCUT2D eigenvalue weighted by molar-refractivity contribution is 5.88. The quantitative estimate of drug-likeness (QED) is 0.742. The summed E-state index contributed by atoms with van der Waals surface area (Å²) in [5.74, 6) is -3.49. The zero-order chi connectivity index (χ0) is 17.5. The van der Waals surface area contributed by atoms with Crippen molar-refractivity contribution in [2.24, 2.45) is 5.92 Å². The maximum atomic E-state index is 14.1. The van der Waals surface area contributed by atoms with Crippen LogP contribution in [0, 0.1) is 5.92 Å². The van der Waals surface area contributed by atoms with E-state index >= 15 is 0 Å². The highest BCUT2D eigenvalue weighted by Gasteiger charge is 2.37. The lowest BCUT2D eigenvalue weighted by Crippen LogP contribution is -2.52. The van der Waals surface area contributed by atoms with Gasteiger partial charge in [0.25, 0.3) is 5.92 Å². The molecule has 1 atom stereocenters. The van der Waals surface area contributed by atoms with Crippen molar-refractivity contribution in [2.45, 2.75) is 58.4 Å². The fraction of sp³-hybridized carbons (Fsp3) is 0.875. The van der Waals surface area contributed by atoms with E-state index < -0.39 is 24.4 Å². The van der Waals surface area contributed by atoms with E-state index in [1.807, 2.05) is 6.92 Å². The van der Waals surface area contributed by atoms with Crippen molar-refractivity contribution in [3.8, 4) is 0 Å². The molecule has 0 bridgehead atoms. The first-order chi connectivity index (χ1) is 10.7. The van der Waals surface area contributed by atoms with Gasteiger partial charge >= 0.3 is 6.03 Å². The van der Waals surface area contributed by atoms with Crippen LogP contribution in [-0.4, -0.2) is 55.0 Å². The minimum Gasteiger partial charge on any atom is -0.378 e. The Labute approximate surface area is 136 Å². The largest absolute Gasteiger partial charge is 0.378 e. The Morgan fingerprint density at radius 2 is 1.83 bits per heavy atom. The van der Waals surface area contributed by atoms with Crippen LogP contribution in [0.25, 0.3) is 0 Å². The molecule has 0 aromatic heterocycles. The summed E-state index contributed by atoms with van der Waals surface area (Å²) in [6.07, 6.45) is -0.180. The van der Waals surface area contributed by atoms with E-state index in [2.05, 4.69) is 5.32 Å². The first-order valence-electron chi connectivity index (χ1n) is 8.29. The van der Waals surface area contributed by atoms with Gasteiger partial charge in [-0.15, -0.1) is 0 Å². The lowest BCUT2D eigenvalue weighted by Gasteiger charge is -2.30. The summed E-state index contributed by atoms with van der Waals surface area (Å²) in [5.41, 5.74) is 0. The molecule has 134 valence electrons. The van der Waals surface area contributed by atoms with Crippen LogP contribution in [0.3, 0.4) is 0 Å². The number of nitrogens with one attached hydrogen (secondary N) is 1. The minimum absolute atomic E-state index is 0.179. The number of carbonyl (C=O) groups excluding carboxylic acids is 2. The van der Waals surface area contributed by atoms with Gasteiger partial charge in [-0.25, -0.2) is 13.6 Å². The average Bonchev–Trinajstić information content (AvgIpc) is 2.46. The monoisotopic (exact) mass is 334 g/mol. The molecular formula is C16H28F2N2O3. The number of hydrogen-bond donors (Lipinski definition) is 1. The number of Topliss-reactive ketones (excluding diaryl/α,β-unsaturated/α-hetero) is 1. The lowest BCUT2D eigenvalue weighted by molar-refractivity contribution is -0.124. The summed E-state index contributed by atoms with van der Waals surface area (Å²) in [6, 6.07) is -1.61. The van der Waals surface area contributed by atoms with Gasteiger partial charge in [-0.1, -0.05) is 20.8 Å². The van der Waals surface area contributed by atoms with E-state index in [9.17, 15) is 18.4 Å². The molecule has 0 aliphatic carbocycles. The Hall–Kier alpha value is -1.24. The Balaban J connectivity index is 2.71. The van der Waals surface area contributed by atoms with Crippen LogP contribution in [0.2, 0.25) is 0 Å². The molecule has 5 nitrogen and oxygen atoms in total. The van der Waals surface area contributed by atoms with E-state index in [0.717, 1.165) is 0 Å². The standard InChI is InChI=1S/C16H28F2N2O3/c1-4-5-14(21)13(11-16(17,18)10-12(2)3)19-15(22)20-6-8-23-9-7-20/h12-13H,4-11H2,1-3H3,(H,19,22)/t13-/m0/s1. The number of halogens is 2. The van der Waals surface area contributed by atoms with Crippen molar-refractivity contribution in [1.29, 1.82) is 0 Å². The molecule has 1 fully saturated rings. The van der Waals surface area contributed by atoms with Gasteiger partial charge in [0.05, 0.1) is 19.3 Å². The maximum absolute atomic E-state index is 14.1. The number of carbonyl (C=O) groups is 2. The highest BCUT2D eigenvalue weighted by atomic mass is 19.3. The number of nitrogens with zero attached hydrogens (tertiary/aromatic N) is 1. The molecular weight excluding hydrogens is 306 g/mol. The van der Waals surface area contributed by atoms with E-state index in [4.69, 9.17) is 4.74 Å². The molecule has 0 spiro atoms. The van der Waals surface area contributed by atoms with Gasteiger partial charge in [-0.05, 0) is 12.3 Å². The molecule has 0 saturated carbocycles. The Kier molecular flexibility index (Phi) is 7.88. The molecule has 0 aromatic carbocycles. The van der Waals surface area contributed by atoms with Crippen molar-refractivity contribution in [3.05, 3.63) is 0 Å². The van der Waals surface area contributed by atoms with E-state index in [1.165, 1.54) is 4.90 Å². The SMILES string of the molecule is CCCC(=O)[C@H](CC(F)(F)CC(C)C)NC(=O)N1CCOCC1. The molecule has 23 heavy (non-hydrogen) atoms. The van der Waals surface area contributed by atoms with Crippen LogP contribution in [0.15, 0.2) is 0 Å². The molecule has 1 aliphatic rings. The molecule has 0 unspecified atom stereocenters. The third-order valence-electron chi connectivity index (χ3n) is 3.69. The van der Waals surface area contributed by atoms with E-state index in [0.29, 0.717) is 32.7 Å². The predicted octanol–water partition coefficient (Wildman–Crippen LogP) is 2.84. The molecule has 7 heteroatoms. The zero-order valence-electron chi connectivity index (χ0n) is 14.2. The van der Waals surface area contributed by atoms with Crippen LogP contribution in [-0.2, 0) is 9.53 Å². The van der Waals surface area contributed by atoms with Gasteiger partial charge in [0.15, 0.2) is 5.78 Å². The van der Waals surface area contributed by atoms with Crippen LogP contribution in [0.4, 0.5) is 13.6 Å². The van der Waals surface area contributed by atoms with Crippen molar-refractivity contribution in [3.63, 3.8) is 0 Å². The Morgan fingerprint density at radius 3 is 2.35 bits per heavy atom. The number of alkyl halides is 2. The molecule has 1 aliphatic heterocycles. The van der Waals surface area contributed by atoms with Crippen LogP contribution in [0.1, 0.15) is 46.5 Å². The third-order valence-corrected chi connectivity index (χ3v) is 3.69. The minimum atomic E-state index is -2.97. The summed E-state index contributed by atoms with van der Waals surface area (Å²) in [7, 11) is 0. The van der Waals surface area contributed by atoms with E-state index in [-0.39, 0.29) is 24.5 Å². The highest BCUT2D eigenvalue weighted by Crippen LogP contribution is 2.29. The van der Waals surface area contributed by atoms with Gasteiger partial charge in [0.2, 0.25) is 0 Å². The van der Waals surface area contributed by atoms with Crippen molar-refractivity contribution >= 4 is 11.8 Å². The fourth-order valence-electron chi connectivity index (χ4n) is 2.65. The van der Waals surface area contributed by atoms with Gasteiger partial charge in [0.1, 0.15) is 0 Å². The van der Waals surface area contributed by atoms with Gasteiger partial charge in [-0.3, -0.25) is 4.79 Å². The van der Waals surface area contributed by atoms with Crippen molar-refractivity contribution < 1.29 is 23.1 Å². The van der Waals surface area contributed by atoms with Gasteiger partial charge < -0.3 is 15.0 Å². The summed E-state index contributed by atoms with van der Waals surface area (Å²) >= 11 is 0. The molecule has 0 radical (unpaired) electrons. The number of hydrogen-bond acceptors (Lipinski definition) is 3. The van der Waals surface area contributed by atoms with Crippen molar-refractivity contribution in [1.82, 2.24) is 10.2 Å². The number of urea groups is 1. The fourth-order valence-corrected chi connectivity index (χ4v) is 2.65. The summed E-state index contributed by atoms with van der Waals surface area (Å²) in [6.45, 7) is 6.89. The first kappa shape index (κ1) is 19.8. The number of amides is 2. The molecule has 0 aromatic rings. The maximum Gasteiger partial charge on any atom is 0.318 e. The van der Waals surface area contributed by atoms with Gasteiger partial charge in [-0.2, -0.15) is 0 Å². The number of ketones is 1. The second-order valence-corrected chi connectivity index (χ2v) is 6.48. The predicted molar refractivity (Wildman–Crippen MR) is 83.6 cm³/mol. The lowest BCUT2D eigenvalue weighted by atomic mass is 9.95. The molecule has 1 N–H and O–H groups in total. The second kappa shape index (κ2) is 9.15. The van der Waals surface area contributed by atoms with Crippen molar-refractivity contribution in [2.75, 3.05) is 26.3 Å². The topological polar surface area (TPSA) is 58.6 Å². The number of rotatable bonds is 8. The smallest absolute Gasteiger partial charge is 0.318 e. The Bertz CT molecular complexity index is 397. The number of morpholine rings is 1. The van der Waals surface area contributed by atoms with Crippen LogP contribution < -0.4 is 5.32 Å². The van der Waals surface area contributed by atoms with Crippen LogP contribution in [0.5, 0.6) is 0 Å². The molecule has 1 rings (SSSR count). The van der Waals surface area contributed by atoms with E-state index in [1.54, 1.807) is 13.8 Å². The Morgan fingerprint density at radius 1 is 1.22 bits per heavy atom. The summed E-state index contributed by atoms with van der Waals surface area (Å²) in [4.78, 5) is 25.8. The molecule has 1 heterocycles. The third kappa shape index (κ3) is 7.24. The summed E-state index contributed by atoms with van der Waals surface area (Å²) < 4.78 is 33.3. The van der Waals surface area contributed by atoms with Gasteiger partial charge in [0, 0.05) is 32.4 Å². The summed E-state index contributed by atoms with van der Waals surface area (Å²) in [5, 5.41) is 2.50. The molecule has 2 amide bonds. The second-order valence-electron chi connectivity index (χ2n) is 6.48.